The van der Waals surface area contributed by atoms with Crippen molar-refractivity contribution in [2.24, 2.45) is 5.92 Å². The van der Waals surface area contributed by atoms with Crippen LogP contribution in [0.4, 0.5) is 11.4 Å². The molecule has 1 saturated carbocycles. The largest absolute Gasteiger partial charge is 0.497 e. The van der Waals surface area contributed by atoms with E-state index in [4.69, 9.17) is 4.74 Å². The first-order chi connectivity index (χ1) is 13.6. The lowest BCUT2D eigenvalue weighted by molar-refractivity contribution is -0.387. The number of carbonyl (C=O) groups is 1. The van der Waals surface area contributed by atoms with Crippen LogP contribution >= 0.6 is 0 Å². The molecule has 0 aromatic heterocycles. The predicted molar refractivity (Wildman–Crippen MR) is 108 cm³/mol. The number of hydrogen-bond donors (Lipinski definition) is 0. The first kappa shape index (κ1) is 20.8. The number of rotatable bonds is 7. The summed E-state index contributed by atoms with van der Waals surface area (Å²) in [5.41, 5.74) is 0.101. The van der Waals surface area contributed by atoms with Crippen molar-refractivity contribution in [1.29, 1.82) is 0 Å². The molecule has 1 fully saturated rings. The van der Waals surface area contributed by atoms with E-state index in [1.54, 1.807) is 36.3 Å². The van der Waals surface area contributed by atoms with Gasteiger partial charge in [-0.25, -0.2) is 8.42 Å². The van der Waals surface area contributed by atoms with Crippen LogP contribution in [0.1, 0.15) is 30.1 Å². The van der Waals surface area contributed by atoms with Crippen molar-refractivity contribution < 1.29 is 22.9 Å². The van der Waals surface area contributed by atoms with E-state index in [1.807, 2.05) is 6.92 Å². The molecule has 0 N–H and O–H groups in total. The quantitative estimate of drug-likeness (QED) is 0.503. The van der Waals surface area contributed by atoms with Crippen molar-refractivity contribution in [3.8, 4) is 5.75 Å². The van der Waals surface area contributed by atoms with Crippen LogP contribution in [0, 0.1) is 16.0 Å². The molecule has 1 amide bonds. The van der Waals surface area contributed by atoms with E-state index in [2.05, 4.69) is 0 Å². The molecule has 0 saturated heterocycles. The van der Waals surface area contributed by atoms with Gasteiger partial charge in [0.05, 0.1) is 12.0 Å². The highest BCUT2D eigenvalue weighted by molar-refractivity contribution is 7.90. The maximum absolute atomic E-state index is 13.3. The summed E-state index contributed by atoms with van der Waals surface area (Å²) in [6.07, 6.45) is 2.91. The molecular formula is C20H22N2O6S. The van der Waals surface area contributed by atoms with Gasteiger partial charge in [0.25, 0.3) is 11.6 Å². The number of sulfone groups is 1. The number of carbonyl (C=O) groups excluding carboxylic acids is 1. The van der Waals surface area contributed by atoms with Gasteiger partial charge in [-0.05, 0) is 62.1 Å². The van der Waals surface area contributed by atoms with Gasteiger partial charge in [0.2, 0.25) is 0 Å². The van der Waals surface area contributed by atoms with Crippen molar-refractivity contribution in [1.82, 2.24) is 0 Å². The predicted octanol–water partition coefficient (Wildman–Crippen LogP) is 3.45. The fraction of sp³-hybridized carbons (Fsp3) is 0.350. The minimum absolute atomic E-state index is 0.0624. The maximum atomic E-state index is 13.3. The van der Waals surface area contributed by atoms with Crippen LogP contribution in [0.2, 0.25) is 0 Å². The Balaban J connectivity index is 2.05. The summed E-state index contributed by atoms with van der Waals surface area (Å²) in [5, 5.41) is 11.4. The molecule has 1 unspecified atom stereocenters. The highest BCUT2D eigenvalue weighted by Gasteiger charge is 2.36. The molecule has 1 aliphatic carbocycles. The van der Waals surface area contributed by atoms with E-state index >= 15 is 0 Å². The summed E-state index contributed by atoms with van der Waals surface area (Å²) in [4.78, 5) is 25.2. The van der Waals surface area contributed by atoms with Crippen molar-refractivity contribution in [2.45, 2.75) is 30.7 Å². The zero-order chi connectivity index (χ0) is 21.3. The molecule has 2 aromatic rings. The summed E-state index contributed by atoms with van der Waals surface area (Å²) in [6, 6.07) is 10.4. The number of benzene rings is 2. The number of amides is 1. The molecule has 1 atom stereocenters. The Labute approximate surface area is 169 Å². The number of methoxy groups -OCH3 is 1. The lowest BCUT2D eigenvalue weighted by Gasteiger charge is -2.30. The first-order valence-corrected chi connectivity index (χ1v) is 11.0. The van der Waals surface area contributed by atoms with Crippen molar-refractivity contribution in [3.05, 3.63) is 58.1 Å². The van der Waals surface area contributed by atoms with E-state index in [-0.39, 0.29) is 11.6 Å². The van der Waals surface area contributed by atoms with Crippen LogP contribution in [0.25, 0.3) is 0 Å². The molecule has 9 heteroatoms. The van der Waals surface area contributed by atoms with E-state index in [9.17, 15) is 23.3 Å². The number of ether oxygens (including phenoxy) is 1. The lowest BCUT2D eigenvalue weighted by Crippen LogP contribution is -2.40. The third-order valence-corrected chi connectivity index (χ3v) is 6.23. The minimum atomic E-state index is -3.80. The number of anilines is 1. The third kappa shape index (κ3) is 4.40. The SMILES string of the molecule is COc1ccc(N(C(=O)c2ccc(S(C)(=O)=O)c([N+](=O)[O-])c2)C(C)C2CC2)cc1. The average Bonchev–Trinajstić information content (AvgIpc) is 3.52. The summed E-state index contributed by atoms with van der Waals surface area (Å²) < 4.78 is 28.9. The molecule has 0 bridgehead atoms. The molecule has 0 radical (unpaired) electrons. The summed E-state index contributed by atoms with van der Waals surface area (Å²) in [6.45, 7) is 1.94. The Bertz CT molecular complexity index is 1050. The average molecular weight is 418 g/mol. The lowest BCUT2D eigenvalue weighted by atomic mass is 10.1. The molecule has 29 heavy (non-hydrogen) atoms. The molecular weight excluding hydrogens is 396 g/mol. The fourth-order valence-corrected chi connectivity index (χ4v) is 4.14. The Morgan fingerprint density at radius 1 is 1.21 bits per heavy atom. The smallest absolute Gasteiger partial charge is 0.288 e. The molecule has 0 heterocycles. The van der Waals surface area contributed by atoms with Crippen molar-refractivity contribution in [2.75, 3.05) is 18.3 Å². The molecule has 0 aliphatic heterocycles. The normalized spacial score (nSPS) is 14.9. The van der Waals surface area contributed by atoms with Gasteiger partial charge in [0.1, 0.15) is 10.6 Å². The van der Waals surface area contributed by atoms with Gasteiger partial charge in [-0.1, -0.05) is 0 Å². The van der Waals surface area contributed by atoms with Gasteiger partial charge in [-0.2, -0.15) is 0 Å². The number of hydrogen-bond acceptors (Lipinski definition) is 6. The standard InChI is InChI=1S/C20H22N2O6S/c1-13(14-4-5-14)21(16-7-9-17(28-2)10-8-16)20(23)15-6-11-19(29(3,26)27)18(12-15)22(24)25/h6-14H,4-5H2,1-3H3. The molecule has 8 nitrogen and oxygen atoms in total. The number of nitrogens with zero attached hydrogens (tertiary/aromatic N) is 2. The summed E-state index contributed by atoms with van der Waals surface area (Å²) >= 11 is 0. The summed E-state index contributed by atoms with van der Waals surface area (Å²) in [7, 11) is -2.25. The minimum Gasteiger partial charge on any atom is -0.497 e. The van der Waals surface area contributed by atoms with E-state index < -0.39 is 31.3 Å². The van der Waals surface area contributed by atoms with Crippen molar-refractivity contribution in [3.63, 3.8) is 0 Å². The number of nitro benzene ring substituents is 1. The molecule has 1 aliphatic rings. The van der Waals surface area contributed by atoms with Gasteiger partial charge in [-0.3, -0.25) is 14.9 Å². The van der Waals surface area contributed by atoms with Gasteiger partial charge < -0.3 is 9.64 Å². The highest BCUT2D eigenvalue weighted by atomic mass is 32.2. The Hall–Kier alpha value is -2.94. The van der Waals surface area contributed by atoms with Gasteiger partial charge in [0, 0.05) is 29.6 Å². The van der Waals surface area contributed by atoms with Crippen LogP contribution < -0.4 is 9.64 Å². The zero-order valence-electron chi connectivity index (χ0n) is 16.4. The molecule has 0 spiro atoms. The van der Waals surface area contributed by atoms with E-state index in [0.29, 0.717) is 17.4 Å². The Morgan fingerprint density at radius 3 is 2.31 bits per heavy atom. The van der Waals surface area contributed by atoms with E-state index in [0.717, 1.165) is 31.2 Å². The van der Waals surface area contributed by atoms with Crippen LogP contribution in [0.3, 0.4) is 0 Å². The van der Waals surface area contributed by atoms with Crippen LogP contribution in [0.15, 0.2) is 47.4 Å². The Kier molecular flexibility index (Phi) is 5.61. The van der Waals surface area contributed by atoms with Crippen LogP contribution in [0.5, 0.6) is 5.75 Å². The van der Waals surface area contributed by atoms with Crippen molar-refractivity contribution >= 4 is 27.1 Å². The number of nitro groups is 1. The molecule has 2 aromatic carbocycles. The maximum Gasteiger partial charge on any atom is 0.288 e. The van der Waals surface area contributed by atoms with Crippen LogP contribution in [-0.4, -0.2) is 38.7 Å². The third-order valence-electron chi connectivity index (χ3n) is 5.08. The first-order valence-electron chi connectivity index (χ1n) is 9.09. The second-order valence-corrected chi connectivity index (χ2v) is 9.15. The monoisotopic (exact) mass is 418 g/mol. The second-order valence-electron chi connectivity index (χ2n) is 7.16. The fourth-order valence-electron chi connectivity index (χ4n) is 3.32. The highest BCUT2D eigenvalue weighted by Crippen LogP contribution is 2.38. The van der Waals surface area contributed by atoms with Gasteiger partial charge >= 0.3 is 0 Å². The van der Waals surface area contributed by atoms with E-state index in [1.165, 1.54) is 6.07 Å². The van der Waals surface area contributed by atoms with Gasteiger partial charge in [0.15, 0.2) is 9.84 Å². The molecule has 154 valence electrons. The zero-order valence-corrected chi connectivity index (χ0v) is 17.2. The summed E-state index contributed by atoms with van der Waals surface area (Å²) in [5.74, 6) is 0.581. The van der Waals surface area contributed by atoms with Gasteiger partial charge in [-0.15, -0.1) is 0 Å². The Morgan fingerprint density at radius 2 is 1.83 bits per heavy atom. The topological polar surface area (TPSA) is 107 Å². The second kappa shape index (κ2) is 7.82. The molecule has 3 rings (SSSR count). The van der Waals surface area contributed by atoms with Crippen LogP contribution in [-0.2, 0) is 9.84 Å².